The van der Waals surface area contributed by atoms with Crippen molar-refractivity contribution in [3.63, 3.8) is 0 Å². The topological polar surface area (TPSA) is 97.4 Å². The number of aromatic nitrogens is 2. The molecule has 3 aromatic rings. The van der Waals surface area contributed by atoms with Crippen molar-refractivity contribution in [3.8, 4) is 5.75 Å². The first kappa shape index (κ1) is 31.4. The van der Waals surface area contributed by atoms with Crippen molar-refractivity contribution >= 4 is 63.2 Å². The van der Waals surface area contributed by atoms with Gasteiger partial charge in [0.15, 0.2) is 5.82 Å². The Balaban J connectivity index is 1.22. The molecule has 2 aromatic carbocycles. The van der Waals surface area contributed by atoms with Gasteiger partial charge in [-0.05, 0) is 50.2 Å². The van der Waals surface area contributed by atoms with E-state index in [-0.39, 0.29) is 23.5 Å². The normalized spacial score (nSPS) is 19.4. The van der Waals surface area contributed by atoms with Gasteiger partial charge in [0.1, 0.15) is 11.4 Å². The van der Waals surface area contributed by atoms with Crippen LogP contribution in [0.1, 0.15) is 40.5 Å². The number of benzene rings is 2. The highest BCUT2D eigenvalue weighted by atomic mass is 127. The van der Waals surface area contributed by atoms with E-state index in [0.717, 1.165) is 44.7 Å². The van der Waals surface area contributed by atoms with Gasteiger partial charge in [-0.3, -0.25) is 14.5 Å². The highest BCUT2D eigenvalue weighted by molar-refractivity contribution is 14.1. The molecule has 6 rings (SSSR count). The molecule has 11 nitrogen and oxygen atoms in total. The summed E-state index contributed by atoms with van der Waals surface area (Å²) in [5, 5.41) is 3.15. The lowest BCUT2D eigenvalue weighted by molar-refractivity contribution is 0.0514. The molecule has 2 saturated heterocycles. The van der Waals surface area contributed by atoms with Crippen molar-refractivity contribution in [1.82, 2.24) is 24.7 Å². The largest absolute Gasteiger partial charge is 0.447 e. The average molecular weight is 729 g/mol. The summed E-state index contributed by atoms with van der Waals surface area (Å²) in [4.78, 5) is 46.0. The van der Waals surface area contributed by atoms with E-state index in [1.807, 2.05) is 35.0 Å². The number of hydrogen-bond acceptors (Lipinski definition) is 9. The van der Waals surface area contributed by atoms with Crippen molar-refractivity contribution in [2.45, 2.75) is 29.7 Å². The zero-order valence-corrected chi connectivity index (χ0v) is 28.1. The van der Waals surface area contributed by atoms with E-state index < -0.39 is 3.86 Å². The second kappa shape index (κ2) is 12.7. The lowest BCUT2D eigenvalue weighted by atomic mass is 10.0. The molecule has 2 amide bonds. The molecule has 1 aromatic heterocycles. The van der Waals surface area contributed by atoms with Gasteiger partial charge in [0.2, 0.25) is 5.95 Å². The SMILES string of the molecule is CN1CCN(C2CCN(C(=O)c3ccc(Nc4ncc5c(n4)N(C)c4ccccc4C(=O)N5C)c(OC(C)(F)I)c3)CC2)CC1. The van der Waals surface area contributed by atoms with Gasteiger partial charge in [-0.1, -0.05) is 12.1 Å². The number of carbonyl (C=O) groups is 2. The van der Waals surface area contributed by atoms with E-state index in [0.29, 0.717) is 47.5 Å². The first-order chi connectivity index (χ1) is 21.5. The number of piperazine rings is 1. The van der Waals surface area contributed by atoms with Crippen molar-refractivity contribution in [3.05, 3.63) is 59.8 Å². The molecule has 3 aliphatic heterocycles. The van der Waals surface area contributed by atoms with Gasteiger partial charge in [-0.2, -0.15) is 9.37 Å². The second-order valence-corrected chi connectivity index (χ2v) is 13.9. The Morgan fingerprint density at radius 1 is 1.00 bits per heavy atom. The van der Waals surface area contributed by atoms with E-state index in [9.17, 15) is 14.0 Å². The van der Waals surface area contributed by atoms with Gasteiger partial charge < -0.3 is 29.7 Å². The van der Waals surface area contributed by atoms with Crippen LogP contribution < -0.4 is 19.9 Å². The number of piperidine rings is 1. The van der Waals surface area contributed by atoms with Gasteiger partial charge in [-0.25, -0.2) is 4.98 Å². The number of fused-ring (bicyclic) bond motifs is 2. The summed E-state index contributed by atoms with van der Waals surface area (Å²) in [7, 11) is 5.68. The number of alkyl halides is 2. The van der Waals surface area contributed by atoms with Gasteiger partial charge in [0.05, 0.1) is 23.1 Å². The Labute approximate surface area is 276 Å². The molecule has 1 atom stereocenters. The van der Waals surface area contributed by atoms with Crippen molar-refractivity contribution in [2.75, 3.05) is 75.5 Å². The number of ether oxygens (including phenoxy) is 1. The maximum absolute atomic E-state index is 14.8. The smallest absolute Gasteiger partial charge is 0.296 e. The third-order valence-corrected chi connectivity index (χ3v) is 9.02. The van der Waals surface area contributed by atoms with Crippen LogP contribution >= 0.6 is 22.6 Å². The molecule has 13 heteroatoms. The first-order valence-electron chi connectivity index (χ1n) is 15.2. The summed E-state index contributed by atoms with van der Waals surface area (Å²) in [5.41, 5.74) is 2.64. The highest BCUT2D eigenvalue weighted by Crippen LogP contribution is 2.39. The number of para-hydroxylation sites is 1. The summed E-state index contributed by atoms with van der Waals surface area (Å²) < 4.78 is 18.5. The number of anilines is 5. The fourth-order valence-electron chi connectivity index (χ4n) is 6.22. The molecular weight excluding hydrogens is 690 g/mol. The average Bonchev–Trinajstić information content (AvgIpc) is 3.10. The van der Waals surface area contributed by atoms with E-state index in [2.05, 4.69) is 27.1 Å². The summed E-state index contributed by atoms with van der Waals surface area (Å²) in [5.74, 6) is 0.643. The zero-order valence-electron chi connectivity index (χ0n) is 26.0. The molecule has 4 heterocycles. The lowest BCUT2D eigenvalue weighted by Crippen LogP contribution is -2.52. The number of likely N-dealkylation sites (tertiary alicyclic amines) is 1. The van der Waals surface area contributed by atoms with Crippen LogP contribution in [-0.4, -0.2) is 107 Å². The third kappa shape index (κ3) is 6.70. The molecule has 2 fully saturated rings. The molecule has 0 bridgehead atoms. The number of likely N-dealkylation sites (N-methyl/N-ethyl adjacent to an activating group) is 1. The van der Waals surface area contributed by atoms with Gasteiger partial charge >= 0.3 is 0 Å². The van der Waals surface area contributed by atoms with Crippen LogP contribution in [0.3, 0.4) is 0 Å². The van der Waals surface area contributed by atoms with E-state index >= 15 is 0 Å². The van der Waals surface area contributed by atoms with E-state index in [4.69, 9.17) is 9.72 Å². The standard InChI is InChI=1S/C32H38FIN8O3/c1-32(33,34)45-27-19-21(29(43)42-13-11-22(12-14-42)41-17-15-38(2)16-18-41)9-10-24(27)36-31-35-20-26-28(37-31)39(3)25-8-6-5-7-23(25)30(44)40(26)4/h5-10,19-20,22H,11-18H2,1-4H3,(H,35,36,37). The number of carbonyl (C=O) groups excluding carboxylic acids is 2. The van der Waals surface area contributed by atoms with Gasteiger partial charge in [0.25, 0.3) is 15.7 Å². The fourth-order valence-corrected chi connectivity index (χ4v) is 6.46. The molecule has 45 heavy (non-hydrogen) atoms. The van der Waals surface area contributed by atoms with Crippen molar-refractivity contribution in [2.24, 2.45) is 0 Å². The van der Waals surface area contributed by atoms with Crippen LogP contribution in [0, 0.1) is 0 Å². The number of hydrogen-bond donors (Lipinski definition) is 1. The number of nitrogens with one attached hydrogen (secondary N) is 1. The molecule has 3 aliphatic rings. The predicted octanol–water partition coefficient (Wildman–Crippen LogP) is 4.89. The van der Waals surface area contributed by atoms with Gasteiger partial charge in [-0.15, -0.1) is 0 Å². The first-order valence-corrected chi connectivity index (χ1v) is 16.2. The highest BCUT2D eigenvalue weighted by Gasteiger charge is 2.31. The molecule has 238 valence electrons. The van der Waals surface area contributed by atoms with Crippen LogP contribution in [-0.2, 0) is 0 Å². The Morgan fingerprint density at radius 3 is 2.42 bits per heavy atom. The quantitative estimate of drug-likeness (QED) is 0.282. The van der Waals surface area contributed by atoms with Crippen molar-refractivity contribution < 1.29 is 18.7 Å². The number of halogens is 2. The number of rotatable bonds is 6. The zero-order chi connectivity index (χ0) is 31.9. The van der Waals surface area contributed by atoms with Gasteiger partial charge in [0, 0.05) is 94.5 Å². The van der Waals surface area contributed by atoms with Crippen LogP contribution in [0.5, 0.6) is 5.75 Å². The molecule has 0 radical (unpaired) electrons. The Hall–Kier alpha value is -3.56. The molecule has 1 N–H and O–H groups in total. The Morgan fingerprint density at radius 2 is 1.71 bits per heavy atom. The minimum atomic E-state index is -2.03. The Bertz CT molecular complexity index is 1580. The van der Waals surface area contributed by atoms with Crippen molar-refractivity contribution in [1.29, 1.82) is 0 Å². The molecule has 0 aliphatic carbocycles. The van der Waals surface area contributed by atoms with Crippen LogP contribution in [0.25, 0.3) is 0 Å². The molecule has 0 spiro atoms. The summed E-state index contributed by atoms with van der Waals surface area (Å²) in [6.45, 7) is 6.93. The minimum absolute atomic E-state index is 0.105. The predicted molar refractivity (Wildman–Crippen MR) is 181 cm³/mol. The summed E-state index contributed by atoms with van der Waals surface area (Å²) in [6, 6.07) is 12.8. The van der Waals surface area contributed by atoms with E-state index in [1.54, 1.807) is 60.1 Å². The fraction of sp³-hybridized carbons (Fsp3) is 0.438. The maximum Gasteiger partial charge on any atom is 0.296 e. The third-order valence-electron chi connectivity index (χ3n) is 8.80. The van der Waals surface area contributed by atoms with Crippen LogP contribution in [0.15, 0.2) is 48.7 Å². The molecule has 0 saturated carbocycles. The van der Waals surface area contributed by atoms with Crippen LogP contribution in [0.2, 0.25) is 0 Å². The number of nitrogens with zero attached hydrogens (tertiary/aromatic N) is 7. The summed E-state index contributed by atoms with van der Waals surface area (Å²) >= 11 is 1.57. The monoisotopic (exact) mass is 728 g/mol. The Kier molecular flexibility index (Phi) is 8.85. The number of amides is 2. The molecular formula is C32H38FIN8O3. The second-order valence-electron chi connectivity index (χ2n) is 12.0. The van der Waals surface area contributed by atoms with E-state index in [1.165, 1.54) is 11.8 Å². The maximum atomic E-state index is 14.8. The molecule has 1 unspecified atom stereocenters. The summed E-state index contributed by atoms with van der Waals surface area (Å²) in [6.07, 6.45) is 3.45. The minimum Gasteiger partial charge on any atom is -0.447 e. The lowest BCUT2D eigenvalue weighted by Gasteiger charge is -2.42. The van der Waals surface area contributed by atoms with Crippen LogP contribution in [0.4, 0.5) is 33.2 Å².